The molecule has 1 heterocycles. The number of nitrogens with zero attached hydrogens (tertiary/aromatic N) is 2. The molecule has 9 heteroatoms. The smallest absolute Gasteiger partial charge is 0.254 e. The number of halogens is 6. The molecule has 0 bridgehead atoms. The van der Waals surface area contributed by atoms with E-state index in [4.69, 9.17) is 23.2 Å². The molecule has 3 rings (SSSR count). The van der Waals surface area contributed by atoms with Crippen LogP contribution in [0.25, 0.3) is 0 Å². The maximum Gasteiger partial charge on any atom is 0.254 e. The third-order valence-electron chi connectivity index (χ3n) is 4.49. The van der Waals surface area contributed by atoms with Crippen LogP contribution in [0.15, 0.2) is 18.2 Å². The Balaban J connectivity index is 1.78. The van der Waals surface area contributed by atoms with Gasteiger partial charge in [0.05, 0.1) is 0 Å². The van der Waals surface area contributed by atoms with Gasteiger partial charge in [0.25, 0.3) is 5.91 Å². The predicted molar refractivity (Wildman–Crippen MR) is 95.6 cm³/mol. The molecular formula is C18H14Cl2F4N2O. The summed E-state index contributed by atoms with van der Waals surface area (Å²) in [5.41, 5.74) is 0.399. The van der Waals surface area contributed by atoms with Crippen LogP contribution in [-0.2, 0) is 0 Å². The lowest BCUT2D eigenvalue weighted by Gasteiger charge is -2.36. The molecule has 1 amide bonds. The molecule has 0 unspecified atom stereocenters. The van der Waals surface area contributed by atoms with Crippen LogP contribution in [-0.4, -0.2) is 37.0 Å². The molecule has 1 aliphatic rings. The summed E-state index contributed by atoms with van der Waals surface area (Å²) in [5, 5.41) is -0.769. The number of hydrogen-bond donors (Lipinski definition) is 0. The fourth-order valence-corrected chi connectivity index (χ4v) is 3.26. The molecule has 1 saturated heterocycles. The lowest BCUT2D eigenvalue weighted by Crippen LogP contribution is -2.49. The highest BCUT2D eigenvalue weighted by molar-refractivity contribution is 6.31. The summed E-state index contributed by atoms with van der Waals surface area (Å²) in [5.74, 6) is -6.67. The number of rotatable bonds is 2. The van der Waals surface area contributed by atoms with Gasteiger partial charge in [0.15, 0.2) is 23.3 Å². The Morgan fingerprint density at radius 1 is 0.926 bits per heavy atom. The predicted octanol–water partition coefficient (Wildman–Crippen LogP) is 4.82. The van der Waals surface area contributed by atoms with Gasteiger partial charge in [-0.2, -0.15) is 0 Å². The van der Waals surface area contributed by atoms with E-state index in [1.54, 1.807) is 18.2 Å². The van der Waals surface area contributed by atoms with Gasteiger partial charge in [0, 0.05) is 36.8 Å². The fourth-order valence-electron chi connectivity index (χ4n) is 2.91. The average molecular weight is 421 g/mol. The number of aryl methyl sites for hydroxylation is 1. The standard InChI is InChI=1S/C18H14Cl2F4N2O/c1-9-2-3-10(8-11(9)19)18(27)26-6-4-25(5-7-26)17-15(23)13(21)12(20)14(22)16(17)24/h2-3,8H,4-7H2,1H3. The van der Waals surface area contributed by atoms with E-state index < -0.39 is 34.0 Å². The van der Waals surface area contributed by atoms with Crippen molar-refractivity contribution in [3.8, 4) is 0 Å². The van der Waals surface area contributed by atoms with Gasteiger partial charge < -0.3 is 9.80 Å². The Labute approximate surface area is 163 Å². The SMILES string of the molecule is Cc1ccc(C(=O)N2CCN(c3c(F)c(F)c(Cl)c(F)c3F)CC2)cc1Cl. The highest BCUT2D eigenvalue weighted by Gasteiger charge is 2.31. The monoisotopic (exact) mass is 420 g/mol. The van der Waals surface area contributed by atoms with E-state index in [9.17, 15) is 22.4 Å². The van der Waals surface area contributed by atoms with Gasteiger partial charge >= 0.3 is 0 Å². The Morgan fingerprint density at radius 2 is 1.48 bits per heavy atom. The van der Waals surface area contributed by atoms with E-state index in [0.29, 0.717) is 10.6 Å². The van der Waals surface area contributed by atoms with E-state index >= 15 is 0 Å². The van der Waals surface area contributed by atoms with Crippen molar-refractivity contribution < 1.29 is 22.4 Å². The van der Waals surface area contributed by atoms with Crippen molar-refractivity contribution >= 4 is 34.8 Å². The Bertz CT molecular complexity index is 886. The molecule has 3 nitrogen and oxygen atoms in total. The van der Waals surface area contributed by atoms with Gasteiger partial charge in [-0.1, -0.05) is 29.3 Å². The highest BCUT2D eigenvalue weighted by Crippen LogP contribution is 2.34. The van der Waals surface area contributed by atoms with Crippen LogP contribution < -0.4 is 4.90 Å². The van der Waals surface area contributed by atoms with Crippen molar-refractivity contribution in [2.45, 2.75) is 6.92 Å². The van der Waals surface area contributed by atoms with Crippen molar-refractivity contribution in [3.63, 3.8) is 0 Å². The zero-order chi connectivity index (χ0) is 19.9. The topological polar surface area (TPSA) is 23.6 Å². The van der Waals surface area contributed by atoms with Crippen LogP contribution in [0, 0.1) is 30.2 Å². The second kappa shape index (κ2) is 7.56. The zero-order valence-corrected chi connectivity index (χ0v) is 15.6. The van der Waals surface area contributed by atoms with Crippen LogP contribution in [0.1, 0.15) is 15.9 Å². The first-order chi connectivity index (χ1) is 12.7. The minimum absolute atomic E-state index is 0.000312. The summed E-state index contributed by atoms with van der Waals surface area (Å²) in [6.45, 7) is 2.05. The van der Waals surface area contributed by atoms with Gasteiger partial charge in [-0.25, -0.2) is 17.6 Å². The lowest BCUT2D eigenvalue weighted by molar-refractivity contribution is 0.0746. The molecule has 0 radical (unpaired) electrons. The second-order valence-electron chi connectivity index (χ2n) is 6.16. The molecule has 144 valence electrons. The molecule has 1 fully saturated rings. The van der Waals surface area contributed by atoms with Gasteiger partial charge in [-0.15, -0.1) is 0 Å². The molecule has 27 heavy (non-hydrogen) atoms. The minimum atomic E-state index is -1.64. The summed E-state index contributed by atoms with van der Waals surface area (Å²) in [6, 6.07) is 4.91. The van der Waals surface area contributed by atoms with Crippen LogP contribution in [0.4, 0.5) is 23.2 Å². The first kappa shape index (κ1) is 19.8. The zero-order valence-electron chi connectivity index (χ0n) is 14.1. The van der Waals surface area contributed by atoms with Crippen molar-refractivity contribution in [2.75, 3.05) is 31.1 Å². The summed E-state index contributed by atoms with van der Waals surface area (Å²) >= 11 is 11.3. The molecule has 0 N–H and O–H groups in total. The normalized spacial score (nSPS) is 14.6. The summed E-state index contributed by atoms with van der Waals surface area (Å²) in [6.07, 6.45) is 0. The maximum atomic E-state index is 14.1. The number of piperazine rings is 1. The molecule has 0 spiro atoms. The van der Waals surface area contributed by atoms with E-state index in [-0.39, 0.29) is 32.1 Å². The van der Waals surface area contributed by atoms with Crippen molar-refractivity contribution in [1.82, 2.24) is 4.90 Å². The second-order valence-corrected chi connectivity index (χ2v) is 6.95. The Kier molecular flexibility index (Phi) is 5.53. The summed E-state index contributed by atoms with van der Waals surface area (Å²) < 4.78 is 55.5. The largest absolute Gasteiger partial charge is 0.363 e. The summed E-state index contributed by atoms with van der Waals surface area (Å²) in [4.78, 5) is 15.2. The molecule has 0 atom stereocenters. The summed E-state index contributed by atoms with van der Waals surface area (Å²) in [7, 11) is 0. The van der Waals surface area contributed by atoms with E-state index in [1.165, 1.54) is 4.90 Å². The molecule has 2 aromatic carbocycles. The number of hydrogen-bond acceptors (Lipinski definition) is 2. The van der Waals surface area contributed by atoms with Crippen LogP contribution >= 0.6 is 23.2 Å². The molecule has 0 aromatic heterocycles. The molecule has 0 aliphatic carbocycles. The van der Waals surface area contributed by atoms with Gasteiger partial charge in [0.2, 0.25) is 0 Å². The molecule has 1 aliphatic heterocycles. The number of carbonyl (C=O) groups is 1. The third kappa shape index (κ3) is 3.58. The highest BCUT2D eigenvalue weighted by atomic mass is 35.5. The van der Waals surface area contributed by atoms with E-state index in [0.717, 1.165) is 10.5 Å². The van der Waals surface area contributed by atoms with Crippen LogP contribution in [0.5, 0.6) is 0 Å². The molecule has 2 aromatic rings. The van der Waals surface area contributed by atoms with Gasteiger partial charge in [-0.05, 0) is 24.6 Å². The van der Waals surface area contributed by atoms with Crippen molar-refractivity contribution in [1.29, 1.82) is 0 Å². The number of amides is 1. The third-order valence-corrected chi connectivity index (χ3v) is 5.23. The number of anilines is 1. The van der Waals surface area contributed by atoms with E-state index in [1.807, 2.05) is 6.92 Å². The van der Waals surface area contributed by atoms with Gasteiger partial charge in [0.1, 0.15) is 10.7 Å². The van der Waals surface area contributed by atoms with E-state index in [2.05, 4.69) is 0 Å². The number of benzene rings is 2. The molecular weight excluding hydrogens is 407 g/mol. The number of carbonyl (C=O) groups excluding carboxylic acids is 1. The van der Waals surface area contributed by atoms with Crippen molar-refractivity contribution in [2.24, 2.45) is 0 Å². The fraction of sp³-hybridized carbons (Fsp3) is 0.278. The average Bonchev–Trinajstić information content (AvgIpc) is 2.67. The first-order valence-corrected chi connectivity index (χ1v) is 8.79. The lowest BCUT2D eigenvalue weighted by atomic mass is 10.1. The Hall–Kier alpha value is -1.99. The van der Waals surface area contributed by atoms with Crippen molar-refractivity contribution in [3.05, 3.63) is 62.6 Å². The quantitative estimate of drug-likeness (QED) is 0.395. The minimum Gasteiger partial charge on any atom is -0.363 e. The van der Waals surface area contributed by atoms with Crippen LogP contribution in [0.3, 0.4) is 0 Å². The molecule has 0 saturated carbocycles. The Morgan fingerprint density at radius 3 is 2.00 bits per heavy atom. The van der Waals surface area contributed by atoms with Crippen LogP contribution in [0.2, 0.25) is 10.0 Å². The maximum absolute atomic E-state index is 14.1. The first-order valence-electron chi connectivity index (χ1n) is 8.04. The van der Waals surface area contributed by atoms with Gasteiger partial charge in [-0.3, -0.25) is 4.79 Å².